The van der Waals surface area contributed by atoms with Crippen LogP contribution in [0.2, 0.25) is 0 Å². The van der Waals surface area contributed by atoms with Gasteiger partial charge in [-0.15, -0.1) is 0 Å². The Morgan fingerprint density at radius 1 is 1.25 bits per heavy atom. The summed E-state index contributed by atoms with van der Waals surface area (Å²) in [6.07, 6.45) is 1.75. The molecule has 2 rings (SSSR count). The molecule has 84 valence electrons. The van der Waals surface area contributed by atoms with Crippen molar-refractivity contribution in [3.8, 4) is 11.3 Å². The average Bonchev–Trinajstić information content (AvgIpc) is 2.71. The monoisotopic (exact) mass is 215 g/mol. The third kappa shape index (κ3) is 1.99. The number of aryl methyl sites for hydroxylation is 2. The quantitative estimate of drug-likeness (QED) is 0.825. The molecule has 3 nitrogen and oxygen atoms in total. The summed E-state index contributed by atoms with van der Waals surface area (Å²) in [6.45, 7) is 5.06. The molecule has 0 spiro atoms. The van der Waals surface area contributed by atoms with E-state index < -0.39 is 0 Å². The SMILES string of the molecule is CNCc1[nH]cnc1-c1ccc(C)c(C)c1. The number of nitrogens with zero attached hydrogens (tertiary/aromatic N) is 1. The van der Waals surface area contributed by atoms with Crippen molar-refractivity contribution >= 4 is 0 Å². The maximum Gasteiger partial charge on any atom is 0.0929 e. The van der Waals surface area contributed by atoms with E-state index in [0.29, 0.717) is 0 Å². The van der Waals surface area contributed by atoms with Crippen LogP contribution < -0.4 is 5.32 Å². The lowest BCUT2D eigenvalue weighted by Gasteiger charge is -2.05. The van der Waals surface area contributed by atoms with Gasteiger partial charge in [0.1, 0.15) is 0 Å². The first kappa shape index (κ1) is 10.9. The van der Waals surface area contributed by atoms with E-state index in [-0.39, 0.29) is 0 Å². The molecule has 0 aliphatic carbocycles. The van der Waals surface area contributed by atoms with Crippen LogP contribution in [0.1, 0.15) is 16.8 Å². The molecule has 2 N–H and O–H groups in total. The number of benzene rings is 1. The van der Waals surface area contributed by atoms with E-state index >= 15 is 0 Å². The van der Waals surface area contributed by atoms with Gasteiger partial charge < -0.3 is 10.3 Å². The molecule has 0 radical (unpaired) electrons. The summed E-state index contributed by atoms with van der Waals surface area (Å²) < 4.78 is 0. The first-order chi connectivity index (χ1) is 7.72. The molecule has 1 aromatic heterocycles. The summed E-state index contributed by atoms with van der Waals surface area (Å²) in [5, 5.41) is 3.14. The van der Waals surface area contributed by atoms with Gasteiger partial charge in [0.05, 0.1) is 17.7 Å². The number of nitrogens with one attached hydrogen (secondary N) is 2. The summed E-state index contributed by atoms with van der Waals surface area (Å²) >= 11 is 0. The van der Waals surface area contributed by atoms with Crippen molar-refractivity contribution in [3.63, 3.8) is 0 Å². The number of hydrogen-bond donors (Lipinski definition) is 2. The Hall–Kier alpha value is -1.61. The lowest BCUT2D eigenvalue weighted by Crippen LogP contribution is -2.06. The average molecular weight is 215 g/mol. The fraction of sp³-hybridized carbons (Fsp3) is 0.308. The first-order valence-electron chi connectivity index (χ1n) is 5.47. The number of rotatable bonds is 3. The lowest BCUT2D eigenvalue weighted by molar-refractivity contribution is 0.798. The summed E-state index contributed by atoms with van der Waals surface area (Å²) in [6, 6.07) is 6.45. The van der Waals surface area contributed by atoms with Gasteiger partial charge in [-0.2, -0.15) is 0 Å². The zero-order valence-corrected chi connectivity index (χ0v) is 9.96. The first-order valence-corrected chi connectivity index (χ1v) is 5.47. The smallest absolute Gasteiger partial charge is 0.0929 e. The number of H-pyrrole nitrogens is 1. The van der Waals surface area contributed by atoms with Gasteiger partial charge in [-0.25, -0.2) is 4.98 Å². The molecule has 3 heteroatoms. The topological polar surface area (TPSA) is 40.7 Å². The minimum absolute atomic E-state index is 0.808. The van der Waals surface area contributed by atoms with E-state index in [0.717, 1.165) is 17.9 Å². The summed E-state index contributed by atoms with van der Waals surface area (Å²) in [5.41, 5.74) is 5.96. The van der Waals surface area contributed by atoms with Gasteiger partial charge in [-0.1, -0.05) is 12.1 Å². The van der Waals surface area contributed by atoms with Crippen molar-refractivity contribution in [2.24, 2.45) is 0 Å². The predicted molar refractivity (Wildman–Crippen MR) is 66.3 cm³/mol. The Balaban J connectivity index is 2.42. The molecule has 1 heterocycles. The standard InChI is InChI=1S/C13H17N3/c1-9-4-5-11(6-10(9)2)13-12(7-14-3)15-8-16-13/h4-6,8,14H,7H2,1-3H3,(H,15,16). The molecule has 0 aliphatic heterocycles. The lowest BCUT2D eigenvalue weighted by atomic mass is 10.0. The van der Waals surface area contributed by atoms with Crippen LogP contribution in [-0.2, 0) is 6.54 Å². The van der Waals surface area contributed by atoms with Crippen LogP contribution in [0.3, 0.4) is 0 Å². The molecule has 0 amide bonds. The molecule has 0 unspecified atom stereocenters. The van der Waals surface area contributed by atoms with Crippen molar-refractivity contribution < 1.29 is 0 Å². The Labute approximate surface area is 95.9 Å². The summed E-state index contributed by atoms with van der Waals surface area (Å²) in [4.78, 5) is 7.55. The highest BCUT2D eigenvalue weighted by Crippen LogP contribution is 2.22. The predicted octanol–water partition coefficient (Wildman–Crippen LogP) is 2.41. The van der Waals surface area contributed by atoms with Crippen LogP contribution in [0.15, 0.2) is 24.5 Å². The van der Waals surface area contributed by atoms with Crippen LogP contribution in [0.25, 0.3) is 11.3 Å². The van der Waals surface area contributed by atoms with E-state index in [2.05, 4.69) is 47.3 Å². The number of aromatic nitrogens is 2. The van der Waals surface area contributed by atoms with Gasteiger partial charge in [-0.3, -0.25) is 0 Å². The molecule has 2 aromatic rings. The van der Waals surface area contributed by atoms with Crippen molar-refractivity contribution in [1.82, 2.24) is 15.3 Å². The Morgan fingerprint density at radius 3 is 2.75 bits per heavy atom. The van der Waals surface area contributed by atoms with Gasteiger partial charge >= 0.3 is 0 Å². The molecule has 0 bridgehead atoms. The molecule has 0 saturated carbocycles. The van der Waals surface area contributed by atoms with Gasteiger partial charge in [-0.05, 0) is 38.1 Å². The van der Waals surface area contributed by atoms with Gasteiger partial charge in [0.2, 0.25) is 0 Å². The summed E-state index contributed by atoms with van der Waals surface area (Å²) in [5.74, 6) is 0. The fourth-order valence-electron chi connectivity index (χ4n) is 1.77. The van der Waals surface area contributed by atoms with Gasteiger partial charge in [0.15, 0.2) is 0 Å². The Bertz CT molecular complexity index is 486. The minimum atomic E-state index is 0.808. The number of hydrogen-bond acceptors (Lipinski definition) is 2. The van der Waals surface area contributed by atoms with Crippen LogP contribution in [-0.4, -0.2) is 17.0 Å². The van der Waals surface area contributed by atoms with Crippen LogP contribution in [0, 0.1) is 13.8 Å². The van der Waals surface area contributed by atoms with Gasteiger partial charge in [0, 0.05) is 12.1 Å². The molecule has 0 fully saturated rings. The second-order valence-electron chi connectivity index (χ2n) is 4.06. The maximum absolute atomic E-state index is 4.38. The molecule has 1 aromatic carbocycles. The molecule has 0 aliphatic rings. The van der Waals surface area contributed by atoms with E-state index in [9.17, 15) is 0 Å². The Morgan fingerprint density at radius 2 is 2.06 bits per heavy atom. The third-order valence-electron chi connectivity index (χ3n) is 2.85. The minimum Gasteiger partial charge on any atom is -0.347 e. The van der Waals surface area contributed by atoms with Crippen LogP contribution in [0.5, 0.6) is 0 Å². The van der Waals surface area contributed by atoms with E-state index in [4.69, 9.17) is 0 Å². The molecule has 0 saturated heterocycles. The zero-order valence-electron chi connectivity index (χ0n) is 9.96. The highest BCUT2D eigenvalue weighted by Gasteiger charge is 2.07. The second-order valence-corrected chi connectivity index (χ2v) is 4.06. The number of aromatic amines is 1. The highest BCUT2D eigenvalue weighted by molar-refractivity contribution is 5.63. The molecular formula is C13H17N3. The van der Waals surface area contributed by atoms with E-state index in [1.165, 1.54) is 16.7 Å². The fourth-order valence-corrected chi connectivity index (χ4v) is 1.77. The van der Waals surface area contributed by atoms with Crippen molar-refractivity contribution in [3.05, 3.63) is 41.3 Å². The number of imidazole rings is 1. The molecule has 16 heavy (non-hydrogen) atoms. The van der Waals surface area contributed by atoms with Crippen LogP contribution in [0.4, 0.5) is 0 Å². The summed E-state index contributed by atoms with van der Waals surface area (Å²) in [7, 11) is 1.94. The van der Waals surface area contributed by atoms with E-state index in [1.54, 1.807) is 6.33 Å². The van der Waals surface area contributed by atoms with Crippen molar-refractivity contribution in [1.29, 1.82) is 0 Å². The maximum atomic E-state index is 4.38. The third-order valence-corrected chi connectivity index (χ3v) is 2.85. The largest absolute Gasteiger partial charge is 0.347 e. The molecule has 0 atom stereocenters. The van der Waals surface area contributed by atoms with Crippen molar-refractivity contribution in [2.75, 3.05) is 7.05 Å². The van der Waals surface area contributed by atoms with Crippen LogP contribution >= 0.6 is 0 Å². The Kier molecular flexibility index (Phi) is 3.06. The van der Waals surface area contributed by atoms with E-state index in [1.807, 2.05) is 7.05 Å². The zero-order chi connectivity index (χ0) is 11.5. The second kappa shape index (κ2) is 4.49. The normalized spacial score (nSPS) is 10.7. The van der Waals surface area contributed by atoms with Crippen molar-refractivity contribution in [2.45, 2.75) is 20.4 Å². The molecular weight excluding hydrogens is 198 g/mol. The van der Waals surface area contributed by atoms with Gasteiger partial charge in [0.25, 0.3) is 0 Å². The highest BCUT2D eigenvalue weighted by atomic mass is 14.9.